The zero-order valence-corrected chi connectivity index (χ0v) is 10.0. The van der Waals surface area contributed by atoms with E-state index in [4.69, 9.17) is 18.6 Å². The van der Waals surface area contributed by atoms with Crippen molar-refractivity contribution in [2.24, 2.45) is 0 Å². The molecule has 18 heavy (non-hydrogen) atoms. The van der Waals surface area contributed by atoms with E-state index < -0.39 is 0 Å². The number of ether oxygens (including phenoxy) is 3. The molecule has 0 unspecified atom stereocenters. The summed E-state index contributed by atoms with van der Waals surface area (Å²) in [6.45, 7) is 1.13. The second kappa shape index (κ2) is 6.18. The van der Waals surface area contributed by atoms with Crippen LogP contribution in [0.3, 0.4) is 0 Å². The van der Waals surface area contributed by atoms with Crippen molar-refractivity contribution in [2.75, 3.05) is 27.1 Å². The summed E-state index contributed by atoms with van der Waals surface area (Å²) in [5.74, 6) is 0.592. The summed E-state index contributed by atoms with van der Waals surface area (Å²) in [4.78, 5) is 11.5. The zero-order valence-electron chi connectivity index (χ0n) is 10.0. The number of rotatable bonds is 6. The first-order valence-electron chi connectivity index (χ1n) is 5.52. The van der Waals surface area contributed by atoms with Crippen LogP contribution in [0.4, 0.5) is 0 Å². The standard InChI is InChI=1S/C13H14O5/c1-15-6-7-16-9-18-10-2-3-11-12(14)4-5-17-13(11)8-10/h2-5,8H,6-7,9H2,1H3. The molecule has 0 aliphatic rings. The smallest absolute Gasteiger partial charge is 0.192 e. The van der Waals surface area contributed by atoms with Crippen molar-refractivity contribution in [1.82, 2.24) is 0 Å². The van der Waals surface area contributed by atoms with Gasteiger partial charge in [-0.3, -0.25) is 4.79 Å². The Morgan fingerprint density at radius 3 is 2.94 bits per heavy atom. The van der Waals surface area contributed by atoms with Crippen molar-refractivity contribution < 1.29 is 18.6 Å². The average Bonchev–Trinajstić information content (AvgIpc) is 2.39. The van der Waals surface area contributed by atoms with Crippen LogP contribution >= 0.6 is 0 Å². The molecule has 0 amide bonds. The molecular weight excluding hydrogens is 236 g/mol. The van der Waals surface area contributed by atoms with Gasteiger partial charge >= 0.3 is 0 Å². The van der Waals surface area contributed by atoms with Gasteiger partial charge in [0, 0.05) is 19.2 Å². The molecule has 1 heterocycles. The maximum atomic E-state index is 11.5. The molecule has 0 bridgehead atoms. The molecule has 0 fully saturated rings. The molecule has 0 radical (unpaired) electrons. The predicted octanol–water partition coefficient (Wildman–Crippen LogP) is 1.79. The van der Waals surface area contributed by atoms with E-state index in [2.05, 4.69) is 0 Å². The Labute approximate surface area is 104 Å². The molecule has 5 heteroatoms. The maximum absolute atomic E-state index is 11.5. The lowest BCUT2D eigenvalue weighted by atomic mass is 10.2. The summed E-state index contributed by atoms with van der Waals surface area (Å²) >= 11 is 0. The van der Waals surface area contributed by atoms with E-state index in [1.54, 1.807) is 25.3 Å². The van der Waals surface area contributed by atoms with Crippen LogP contribution in [-0.2, 0) is 9.47 Å². The summed E-state index contributed by atoms with van der Waals surface area (Å²) in [6, 6.07) is 6.43. The molecule has 96 valence electrons. The molecule has 5 nitrogen and oxygen atoms in total. The van der Waals surface area contributed by atoms with Gasteiger partial charge in [0.2, 0.25) is 0 Å². The van der Waals surface area contributed by atoms with E-state index in [0.29, 0.717) is 29.9 Å². The Morgan fingerprint density at radius 1 is 1.22 bits per heavy atom. The minimum Gasteiger partial charge on any atom is -0.467 e. The topological polar surface area (TPSA) is 57.9 Å². The molecule has 0 aliphatic carbocycles. The molecule has 0 spiro atoms. The van der Waals surface area contributed by atoms with Crippen LogP contribution < -0.4 is 10.2 Å². The fourth-order valence-electron chi connectivity index (χ4n) is 1.46. The average molecular weight is 250 g/mol. The first-order valence-corrected chi connectivity index (χ1v) is 5.52. The summed E-state index contributed by atoms with van der Waals surface area (Å²) in [5.41, 5.74) is 0.427. The van der Waals surface area contributed by atoms with E-state index in [1.165, 1.54) is 12.3 Å². The van der Waals surface area contributed by atoms with Crippen molar-refractivity contribution in [3.05, 3.63) is 40.8 Å². The van der Waals surface area contributed by atoms with E-state index in [1.807, 2.05) is 0 Å². The lowest BCUT2D eigenvalue weighted by molar-refractivity contribution is -0.00843. The van der Waals surface area contributed by atoms with Crippen LogP contribution in [-0.4, -0.2) is 27.1 Å². The van der Waals surface area contributed by atoms with E-state index in [-0.39, 0.29) is 12.2 Å². The largest absolute Gasteiger partial charge is 0.467 e. The molecule has 2 rings (SSSR count). The summed E-state index contributed by atoms with van der Waals surface area (Å²) in [5, 5.41) is 0.533. The maximum Gasteiger partial charge on any atom is 0.192 e. The third-order valence-electron chi connectivity index (χ3n) is 2.37. The van der Waals surface area contributed by atoms with Crippen LogP contribution in [0.15, 0.2) is 39.7 Å². The quantitative estimate of drug-likeness (QED) is 0.578. The first-order chi connectivity index (χ1) is 8.81. The van der Waals surface area contributed by atoms with Crippen molar-refractivity contribution in [2.45, 2.75) is 0 Å². The van der Waals surface area contributed by atoms with Gasteiger partial charge in [-0.25, -0.2) is 0 Å². The second-order valence-electron chi connectivity index (χ2n) is 3.61. The Hall–Kier alpha value is -1.85. The van der Waals surface area contributed by atoms with Gasteiger partial charge in [0.15, 0.2) is 12.2 Å². The van der Waals surface area contributed by atoms with Gasteiger partial charge in [0.1, 0.15) is 11.3 Å². The second-order valence-corrected chi connectivity index (χ2v) is 3.61. The Kier molecular flexibility index (Phi) is 4.33. The van der Waals surface area contributed by atoms with E-state index in [9.17, 15) is 4.79 Å². The van der Waals surface area contributed by atoms with Crippen LogP contribution in [0, 0.1) is 0 Å². The monoisotopic (exact) mass is 250 g/mol. The van der Waals surface area contributed by atoms with Crippen LogP contribution in [0.5, 0.6) is 5.75 Å². The summed E-state index contributed by atoms with van der Waals surface area (Å²) in [7, 11) is 1.61. The molecular formula is C13H14O5. The highest BCUT2D eigenvalue weighted by Crippen LogP contribution is 2.18. The molecule has 0 atom stereocenters. The molecule has 0 saturated heterocycles. The van der Waals surface area contributed by atoms with Crippen LogP contribution in [0.25, 0.3) is 11.0 Å². The van der Waals surface area contributed by atoms with E-state index in [0.717, 1.165) is 0 Å². The molecule has 0 saturated carbocycles. The molecule has 1 aromatic heterocycles. The summed E-state index contributed by atoms with van der Waals surface area (Å²) < 4.78 is 20.6. The minimum absolute atomic E-state index is 0.0702. The summed E-state index contributed by atoms with van der Waals surface area (Å²) in [6.07, 6.45) is 1.36. The van der Waals surface area contributed by atoms with E-state index >= 15 is 0 Å². The third-order valence-corrected chi connectivity index (χ3v) is 2.37. The van der Waals surface area contributed by atoms with Gasteiger partial charge in [-0.2, -0.15) is 0 Å². The third kappa shape index (κ3) is 3.09. The van der Waals surface area contributed by atoms with Gasteiger partial charge in [0.05, 0.1) is 24.9 Å². The van der Waals surface area contributed by atoms with Crippen molar-refractivity contribution in [3.63, 3.8) is 0 Å². The number of fused-ring (bicyclic) bond motifs is 1. The first kappa shape index (κ1) is 12.6. The van der Waals surface area contributed by atoms with Gasteiger partial charge in [-0.1, -0.05) is 0 Å². The van der Waals surface area contributed by atoms with Gasteiger partial charge in [-0.05, 0) is 12.1 Å². The van der Waals surface area contributed by atoms with Crippen molar-refractivity contribution >= 4 is 11.0 Å². The highest BCUT2D eigenvalue weighted by molar-refractivity contribution is 5.77. The number of hydrogen-bond donors (Lipinski definition) is 0. The Balaban J connectivity index is 2.00. The molecule has 1 aromatic carbocycles. The van der Waals surface area contributed by atoms with Crippen molar-refractivity contribution in [1.29, 1.82) is 0 Å². The molecule has 0 aliphatic heterocycles. The number of methoxy groups -OCH3 is 1. The highest BCUT2D eigenvalue weighted by Gasteiger charge is 2.02. The number of benzene rings is 1. The lowest BCUT2D eigenvalue weighted by Gasteiger charge is -2.07. The fraction of sp³-hybridized carbons (Fsp3) is 0.308. The number of hydrogen-bond acceptors (Lipinski definition) is 5. The Morgan fingerprint density at radius 2 is 2.11 bits per heavy atom. The van der Waals surface area contributed by atoms with Crippen LogP contribution in [0.2, 0.25) is 0 Å². The zero-order chi connectivity index (χ0) is 12.8. The SMILES string of the molecule is COCCOCOc1ccc2c(=O)ccoc2c1. The minimum atomic E-state index is -0.0702. The van der Waals surface area contributed by atoms with Crippen LogP contribution in [0.1, 0.15) is 0 Å². The molecule has 2 aromatic rings. The normalized spacial score (nSPS) is 10.7. The van der Waals surface area contributed by atoms with Gasteiger partial charge < -0.3 is 18.6 Å². The van der Waals surface area contributed by atoms with Gasteiger partial charge in [0.25, 0.3) is 0 Å². The lowest BCUT2D eigenvalue weighted by Crippen LogP contribution is -2.07. The predicted molar refractivity (Wildman–Crippen MR) is 65.8 cm³/mol. The van der Waals surface area contributed by atoms with Crippen molar-refractivity contribution in [3.8, 4) is 5.75 Å². The Bertz CT molecular complexity index is 561. The molecule has 0 N–H and O–H groups in total. The fourth-order valence-corrected chi connectivity index (χ4v) is 1.46. The van der Waals surface area contributed by atoms with Gasteiger partial charge in [-0.15, -0.1) is 0 Å². The highest BCUT2D eigenvalue weighted by atomic mass is 16.7.